The number of ether oxygens (including phenoxy) is 2. The van der Waals surface area contributed by atoms with Gasteiger partial charge in [0.1, 0.15) is 41.8 Å². The lowest BCUT2D eigenvalue weighted by Gasteiger charge is -2.35. The molecule has 0 spiro atoms. The van der Waals surface area contributed by atoms with E-state index < -0.39 is 53.1 Å². The zero-order valence-corrected chi connectivity index (χ0v) is 18.9. The summed E-state index contributed by atoms with van der Waals surface area (Å²) in [5, 5.41) is 21.2. The van der Waals surface area contributed by atoms with Gasteiger partial charge in [-0.3, -0.25) is 4.98 Å². The highest BCUT2D eigenvalue weighted by Crippen LogP contribution is 2.46. The number of pyridine rings is 1. The highest BCUT2D eigenvalue weighted by Gasteiger charge is 2.58. The van der Waals surface area contributed by atoms with Crippen molar-refractivity contribution in [1.29, 1.82) is 0 Å². The number of halogens is 7. The van der Waals surface area contributed by atoms with E-state index in [1.165, 1.54) is 12.1 Å². The van der Waals surface area contributed by atoms with Crippen LogP contribution in [-0.4, -0.2) is 36.7 Å². The second-order valence-corrected chi connectivity index (χ2v) is 7.93. The molecule has 0 radical (unpaired) electrons. The Morgan fingerprint density at radius 1 is 0.895 bits per heavy atom. The summed E-state index contributed by atoms with van der Waals surface area (Å²) < 4.78 is 106. The number of alkyl halides is 5. The van der Waals surface area contributed by atoms with Crippen LogP contribution in [0.15, 0.2) is 67.1 Å². The minimum absolute atomic E-state index is 0.0112. The first-order valence-corrected chi connectivity index (χ1v) is 10.6. The summed E-state index contributed by atoms with van der Waals surface area (Å²) in [6.07, 6.45) is -2.99. The Bertz CT molecular complexity index is 1370. The zero-order chi connectivity index (χ0) is 27.6. The molecular formula is C23H16F7N5O3. The van der Waals surface area contributed by atoms with Crippen LogP contribution in [0.4, 0.5) is 30.7 Å². The van der Waals surface area contributed by atoms with Gasteiger partial charge < -0.3 is 14.6 Å². The molecule has 1 atom stereocenters. The van der Waals surface area contributed by atoms with Gasteiger partial charge in [0.05, 0.1) is 12.7 Å². The van der Waals surface area contributed by atoms with E-state index in [2.05, 4.69) is 25.2 Å². The molecule has 1 N–H and O–H groups in total. The summed E-state index contributed by atoms with van der Waals surface area (Å²) in [5.74, 6) is -7.13. The van der Waals surface area contributed by atoms with Crippen molar-refractivity contribution in [3.63, 3.8) is 0 Å². The van der Waals surface area contributed by atoms with Crippen LogP contribution in [0.1, 0.15) is 16.8 Å². The lowest BCUT2D eigenvalue weighted by atomic mass is 9.84. The molecule has 4 aromatic rings. The van der Waals surface area contributed by atoms with Gasteiger partial charge in [0.2, 0.25) is 0 Å². The number of tetrazole rings is 1. The quantitative estimate of drug-likeness (QED) is 0.311. The van der Waals surface area contributed by atoms with Gasteiger partial charge in [-0.15, -0.1) is 18.3 Å². The second kappa shape index (κ2) is 10.2. The predicted octanol–water partition coefficient (Wildman–Crippen LogP) is 4.50. The third-order valence-electron chi connectivity index (χ3n) is 5.30. The van der Waals surface area contributed by atoms with Gasteiger partial charge in [0.25, 0.3) is 0 Å². The smallest absolute Gasteiger partial charge is 0.487 e. The number of aromatic nitrogens is 5. The van der Waals surface area contributed by atoms with Crippen molar-refractivity contribution < 1.29 is 45.3 Å². The van der Waals surface area contributed by atoms with Crippen LogP contribution in [-0.2, 0) is 24.7 Å². The third kappa shape index (κ3) is 5.82. The van der Waals surface area contributed by atoms with Crippen molar-refractivity contribution in [2.75, 3.05) is 0 Å². The first kappa shape index (κ1) is 26.8. The van der Waals surface area contributed by atoms with Crippen LogP contribution >= 0.6 is 0 Å². The minimum Gasteiger partial charge on any atom is -0.487 e. The number of rotatable bonds is 9. The molecule has 15 heteroatoms. The maximum atomic E-state index is 15.7. The van der Waals surface area contributed by atoms with Crippen molar-refractivity contribution in [2.24, 2.45) is 0 Å². The molecule has 4 rings (SSSR count). The van der Waals surface area contributed by atoms with Crippen LogP contribution in [0.25, 0.3) is 0 Å². The van der Waals surface area contributed by atoms with Crippen molar-refractivity contribution >= 4 is 0 Å². The first-order valence-electron chi connectivity index (χ1n) is 10.6. The van der Waals surface area contributed by atoms with Gasteiger partial charge in [-0.1, -0.05) is 12.1 Å². The molecule has 0 aliphatic rings. The van der Waals surface area contributed by atoms with Crippen molar-refractivity contribution in [2.45, 2.75) is 31.0 Å². The van der Waals surface area contributed by atoms with E-state index in [1.54, 1.807) is 0 Å². The van der Waals surface area contributed by atoms with Gasteiger partial charge >= 0.3 is 12.3 Å². The maximum Gasteiger partial charge on any atom is 0.573 e. The van der Waals surface area contributed by atoms with Gasteiger partial charge in [-0.05, 0) is 52.4 Å². The molecule has 0 saturated carbocycles. The molecule has 38 heavy (non-hydrogen) atoms. The molecule has 0 aliphatic carbocycles. The Morgan fingerprint density at radius 3 is 2.18 bits per heavy atom. The standard InChI is InChI=1S/C23H16F7N5O3/c24-15-3-7-18(19(25)9-15)21(36,12-35-13-32-33-34-35)22(26,27)20-8-6-17(10-31-20)37-11-14-1-4-16(5-2-14)38-23(28,29)30/h1-10,13,36H,11-12H2. The molecule has 0 saturated heterocycles. The van der Waals surface area contributed by atoms with Crippen LogP contribution in [0.3, 0.4) is 0 Å². The summed E-state index contributed by atoms with van der Waals surface area (Å²) in [5.41, 5.74) is -4.75. The Morgan fingerprint density at radius 2 is 1.61 bits per heavy atom. The van der Waals surface area contributed by atoms with Crippen molar-refractivity contribution in [3.8, 4) is 11.5 Å². The van der Waals surface area contributed by atoms with Gasteiger partial charge in [0.15, 0.2) is 5.60 Å². The van der Waals surface area contributed by atoms with Crippen molar-refractivity contribution in [1.82, 2.24) is 25.2 Å². The van der Waals surface area contributed by atoms with Crippen LogP contribution in [0, 0.1) is 11.6 Å². The molecule has 200 valence electrons. The van der Waals surface area contributed by atoms with Gasteiger partial charge in [-0.2, -0.15) is 8.78 Å². The summed E-state index contributed by atoms with van der Waals surface area (Å²) in [6.45, 7) is -1.16. The van der Waals surface area contributed by atoms with E-state index in [-0.39, 0.29) is 12.4 Å². The fourth-order valence-corrected chi connectivity index (χ4v) is 3.48. The molecule has 0 amide bonds. The van der Waals surface area contributed by atoms with E-state index in [4.69, 9.17) is 4.74 Å². The Kier molecular flexibility index (Phi) is 7.22. The Labute approximate surface area is 209 Å². The van der Waals surface area contributed by atoms with E-state index in [0.717, 1.165) is 41.5 Å². The molecule has 0 bridgehead atoms. The molecule has 8 nitrogen and oxygen atoms in total. The first-order chi connectivity index (χ1) is 17.9. The largest absolute Gasteiger partial charge is 0.573 e. The topological polar surface area (TPSA) is 95.2 Å². The summed E-state index contributed by atoms with van der Waals surface area (Å²) in [7, 11) is 0. The number of hydrogen-bond acceptors (Lipinski definition) is 7. The number of aliphatic hydroxyl groups is 1. The average Bonchev–Trinajstić information content (AvgIpc) is 3.35. The highest BCUT2D eigenvalue weighted by molar-refractivity contribution is 5.33. The van der Waals surface area contributed by atoms with E-state index in [1.807, 2.05) is 0 Å². The van der Waals surface area contributed by atoms with Crippen LogP contribution in [0.5, 0.6) is 11.5 Å². The molecule has 2 aromatic heterocycles. The molecule has 2 aromatic carbocycles. The van der Waals surface area contributed by atoms with Crippen LogP contribution < -0.4 is 9.47 Å². The molecule has 0 aliphatic heterocycles. The maximum absolute atomic E-state index is 15.7. The third-order valence-corrected chi connectivity index (χ3v) is 5.30. The Hall–Kier alpha value is -4.27. The predicted molar refractivity (Wildman–Crippen MR) is 114 cm³/mol. The zero-order valence-electron chi connectivity index (χ0n) is 18.9. The SMILES string of the molecule is OC(Cn1cnnn1)(c1ccc(F)cc1F)C(F)(F)c1ccc(OCc2ccc(OC(F)(F)F)cc2)cn1. The highest BCUT2D eigenvalue weighted by atomic mass is 19.4. The number of hydrogen-bond donors (Lipinski definition) is 1. The lowest BCUT2D eigenvalue weighted by Crippen LogP contribution is -2.48. The number of nitrogens with zero attached hydrogens (tertiary/aromatic N) is 5. The molecule has 1 unspecified atom stereocenters. The van der Waals surface area contributed by atoms with Gasteiger partial charge in [0, 0.05) is 11.6 Å². The molecular weight excluding hydrogens is 527 g/mol. The average molecular weight is 543 g/mol. The van der Waals surface area contributed by atoms with E-state index in [0.29, 0.717) is 23.8 Å². The fourth-order valence-electron chi connectivity index (χ4n) is 3.48. The normalized spacial score (nSPS) is 13.7. The summed E-state index contributed by atoms with van der Waals surface area (Å²) >= 11 is 0. The summed E-state index contributed by atoms with van der Waals surface area (Å²) in [6, 6.07) is 8.47. The van der Waals surface area contributed by atoms with Crippen LogP contribution in [0.2, 0.25) is 0 Å². The minimum atomic E-state index is -4.84. The second-order valence-electron chi connectivity index (χ2n) is 7.93. The molecule has 2 heterocycles. The van der Waals surface area contributed by atoms with Gasteiger partial charge in [-0.25, -0.2) is 13.5 Å². The molecule has 0 fully saturated rings. The monoisotopic (exact) mass is 543 g/mol. The van der Waals surface area contributed by atoms with E-state index in [9.17, 15) is 27.1 Å². The van der Waals surface area contributed by atoms with Crippen molar-refractivity contribution in [3.05, 3.63) is 95.6 Å². The van der Waals surface area contributed by atoms with E-state index >= 15 is 8.78 Å². The number of benzene rings is 2. The lowest BCUT2D eigenvalue weighted by molar-refractivity contribution is -0.274. The fraction of sp³-hybridized carbons (Fsp3) is 0.217. The Balaban J connectivity index is 1.54. The summed E-state index contributed by atoms with van der Waals surface area (Å²) in [4.78, 5) is 3.65.